The van der Waals surface area contributed by atoms with Gasteiger partial charge in [0.25, 0.3) is 11.8 Å². The molecule has 5 atom stereocenters. The number of benzene rings is 3. The van der Waals surface area contributed by atoms with E-state index in [4.69, 9.17) is 17.5 Å². The fourth-order valence-electron chi connectivity index (χ4n) is 10.8. The first-order chi connectivity index (χ1) is 30.1. The molecule has 1 heterocycles. The fraction of sp³-hybridized carbons (Fsp3) is 0.420. The van der Waals surface area contributed by atoms with Gasteiger partial charge >= 0.3 is 6.18 Å². The Hall–Kier alpha value is -5.83. The van der Waals surface area contributed by atoms with Gasteiger partial charge in [0.15, 0.2) is 10.9 Å². The number of fused-ring (bicyclic) bond motifs is 4. The van der Waals surface area contributed by atoms with Crippen LogP contribution < -0.4 is 20.0 Å². The van der Waals surface area contributed by atoms with Crippen molar-refractivity contribution in [3.8, 4) is 17.9 Å². The van der Waals surface area contributed by atoms with E-state index in [0.717, 1.165) is 55.6 Å². The summed E-state index contributed by atoms with van der Waals surface area (Å²) in [5.41, 5.74) is 2.29. The SMILES string of the molecule is CC#C[C@]1(O)CC[C@H]2[C@@H]3CCC4=CC(=O)CCC4=C3[C@@H](c3ccc(N(C)C)cc3)C[C@@]21C.CNC(=O)c1ccc(N2C(=S)N(c3ccc(C#N)c(C(F)(F)F)c3)C(=O)C2(C)C)cc1F. The van der Waals surface area contributed by atoms with Crippen LogP contribution >= 0.6 is 12.2 Å². The Labute approximate surface area is 376 Å². The van der Waals surface area contributed by atoms with Gasteiger partial charge in [-0.3, -0.25) is 19.3 Å². The number of amides is 2. The lowest BCUT2D eigenvalue weighted by Crippen LogP contribution is -2.51. The molecular formula is C50H51F4N5O4S. The van der Waals surface area contributed by atoms with E-state index in [1.54, 1.807) is 5.57 Å². The van der Waals surface area contributed by atoms with Gasteiger partial charge in [0.1, 0.15) is 17.0 Å². The summed E-state index contributed by atoms with van der Waals surface area (Å²) in [5, 5.41) is 22.9. The highest BCUT2D eigenvalue weighted by atomic mass is 32.1. The summed E-state index contributed by atoms with van der Waals surface area (Å²) in [4.78, 5) is 41.4. The minimum Gasteiger partial charge on any atom is -0.378 e. The van der Waals surface area contributed by atoms with Crippen molar-refractivity contribution in [1.29, 1.82) is 5.26 Å². The predicted octanol–water partition coefficient (Wildman–Crippen LogP) is 9.40. The summed E-state index contributed by atoms with van der Waals surface area (Å²) < 4.78 is 54.7. The molecule has 0 unspecified atom stereocenters. The van der Waals surface area contributed by atoms with Crippen molar-refractivity contribution in [3.63, 3.8) is 0 Å². The second kappa shape index (κ2) is 16.9. The van der Waals surface area contributed by atoms with Gasteiger partial charge in [-0.15, -0.1) is 5.92 Å². The number of carbonyl (C=O) groups is 3. The van der Waals surface area contributed by atoms with E-state index < -0.39 is 46.1 Å². The average molecular weight is 894 g/mol. The highest BCUT2D eigenvalue weighted by Gasteiger charge is 2.62. The van der Waals surface area contributed by atoms with Crippen LogP contribution in [0.3, 0.4) is 0 Å². The average Bonchev–Trinajstić information content (AvgIpc) is 3.61. The van der Waals surface area contributed by atoms with Crippen LogP contribution in [0.5, 0.6) is 0 Å². The quantitative estimate of drug-likeness (QED) is 0.148. The third kappa shape index (κ3) is 7.79. The lowest BCUT2D eigenvalue weighted by atomic mass is 9.51. The Morgan fingerprint density at radius 2 is 1.67 bits per heavy atom. The Kier molecular flexibility index (Phi) is 12.2. The number of anilines is 3. The molecule has 1 aliphatic heterocycles. The predicted molar refractivity (Wildman–Crippen MR) is 242 cm³/mol. The number of thiocarbonyl (C=S) groups is 1. The maximum atomic E-state index is 14.5. The van der Waals surface area contributed by atoms with Crippen LogP contribution in [0.1, 0.15) is 106 Å². The largest absolute Gasteiger partial charge is 0.417 e. The number of allylic oxidation sites excluding steroid dienone is 4. The van der Waals surface area contributed by atoms with Crippen molar-refractivity contribution in [3.05, 3.63) is 112 Å². The number of nitrogens with one attached hydrogen (secondary N) is 1. The molecular weight excluding hydrogens is 843 g/mol. The van der Waals surface area contributed by atoms with Gasteiger partial charge in [-0.1, -0.05) is 30.6 Å². The summed E-state index contributed by atoms with van der Waals surface area (Å²) in [5.74, 6) is 5.61. The van der Waals surface area contributed by atoms with Gasteiger partial charge in [-0.2, -0.15) is 18.4 Å². The maximum Gasteiger partial charge on any atom is 0.417 e. The molecule has 0 aromatic heterocycles. The number of nitriles is 1. The number of carbonyl (C=O) groups excluding carboxylic acids is 3. The fourth-order valence-corrected chi connectivity index (χ4v) is 11.3. The van der Waals surface area contributed by atoms with Crippen LogP contribution in [0.25, 0.3) is 0 Å². The molecule has 5 aliphatic rings. The van der Waals surface area contributed by atoms with E-state index in [1.807, 2.05) is 13.0 Å². The van der Waals surface area contributed by atoms with Crippen LogP contribution in [0.4, 0.5) is 34.6 Å². The van der Waals surface area contributed by atoms with Gasteiger partial charge in [0.2, 0.25) is 0 Å². The molecule has 2 N–H and O–H groups in total. The third-order valence-corrected chi connectivity index (χ3v) is 14.4. The van der Waals surface area contributed by atoms with E-state index in [2.05, 4.69) is 67.3 Å². The van der Waals surface area contributed by atoms with Crippen molar-refractivity contribution >= 4 is 52.0 Å². The molecule has 8 rings (SSSR count). The summed E-state index contributed by atoms with van der Waals surface area (Å²) in [6, 6.07) is 16.9. The first-order valence-electron chi connectivity index (χ1n) is 21.3. The second-order valence-electron chi connectivity index (χ2n) is 18.2. The molecule has 4 aliphatic carbocycles. The molecule has 334 valence electrons. The van der Waals surface area contributed by atoms with Gasteiger partial charge in [0.05, 0.1) is 28.4 Å². The van der Waals surface area contributed by atoms with Crippen molar-refractivity contribution in [1.82, 2.24) is 5.32 Å². The van der Waals surface area contributed by atoms with Crippen molar-refractivity contribution < 1.29 is 37.1 Å². The number of nitrogens with zero attached hydrogens (tertiary/aromatic N) is 4. The van der Waals surface area contributed by atoms with E-state index in [0.29, 0.717) is 24.3 Å². The van der Waals surface area contributed by atoms with E-state index in [9.17, 15) is 37.1 Å². The zero-order valence-corrected chi connectivity index (χ0v) is 37.7. The smallest absolute Gasteiger partial charge is 0.378 e. The molecule has 3 aromatic carbocycles. The molecule has 0 bridgehead atoms. The number of aliphatic hydroxyl groups is 1. The molecule has 9 nitrogen and oxygen atoms in total. The van der Waals surface area contributed by atoms with E-state index >= 15 is 0 Å². The highest BCUT2D eigenvalue weighted by molar-refractivity contribution is 7.81. The Balaban J connectivity index is 0.000000191. The lowest BCUT2D eigenvalue weighted by molar-refractivity contribution is -0.137. The van der Waals surface area contributed by atoms with Crippen LogP contribution in [-0.2, 0) is 15.8 Å². The van der Waals surface area contributed by atoms with Crippen LogP contribution in [0.2, 0.25) is 0 Å². The highest BCUT2D eigenvalue weighted by Crippen LogP contribution is 2.66. The first kappa shape index (κ1) is 46.2. The standard InChI is InChI=1S/C29H35NO2.C21H16F4N4O2S/c1-5-15-29(32)16-14-26-24-12-8-20-17-22(31)11-13-23(20)27(24)25(18-28(26,29)2)19-6-9-21(10-7-19)30(3)4;1-20(2)18(31)28(12-5-4-11(10-26)15(8-12)21(23,24)25)19(32)29(20)13-6-7-14(16(22)9-13)17(30)27-3/h6-7,9-10,17,24-26,32H,8,11-14,16,18H2,1-4H3;4-9H,1-3H3,(H,27,30)/t24-,25+,26-,28-,29-;/m0./s1. The number of rotatable bonds is 5. The molecule has 0 radical (unpaired) electrons. The summed E-state index contributed by atoms with van der Waals surface area (Å²) in [6.07, 6.45) is 3.41. The molecule has 2 amide bonds. The Morgan fingerprint density at radius 1 is 0.984 bits per heavy atom. The van der Waals surface area contributed by atoms with Crippen molar-refractivity contribution in [2.24, 2.45) is 17.3 Å². The first-order valence-corrected chi connectivity index (χ1v) is 21.7. The lowest BCUT2D eigenvalue weighted by Gasteiger charge is -2.53. The zero-order valence-electron chi connectivity index (χ0n) is 36.9. The number of alkyl halides is 3. The van der Waals surface area contributed by atoms with Gasteiger partial charge in [-0.25, -0.2) is 4.39 Å². The zero-order chi connectivity index (χ0) is 46.7. The number of ketones is 1. The summed E-state index contributed by atoms with van der Waals surface area (Å²) >= 11 is 5.38. The summed E-state index contributed by atoms with van der Waals surface area (Å²) in [6.45, 7) is 7.12. The molecule has 3 fully saturated rings. The summed E-state index contributed by atoms with van der Waals surface area (Å²) in [7, 11) is 5.49. The molecule has 1 saturated heterocycles. The number of halogens is 4. The monoisotopic (exact) mass is 893 g/mol. The maximum absolute atomic E-state index is 14.5. The van der Waals surface area contributed by atoms with Crippen LogP contribution in [-0.4, -0.2) is 60.1 Å². The second-order valence-corrected chi connectivity index (χ2v) is 18.5. The molecule has 3 aromatic rings. The Morgan fingerprint density at radius 3 is 2.28 bits per heavy atom. The van der Waals surface area contributed by atoms with Crippen molar-refractivity contribution in [2.75, 3.05) is 35.8 Å². The van der Waals surface area contributed by atoms with Gasteiger partial charge < -0.3 is 20.2 Å². The minimum absolute atomic E-state index is 0.144. The normalized spacial score (nSPS) is 25.8. The van der Waals surface area contributed by atoms with Gasteiger partial charge in [-0.05, 0) is 155 Å². The molecule has 14 heteroatoms. The Bertz CT molecular complexity index is 2620. The molecule has 64 heavy (non-hydrogen) atoms. The minimum atomic E-state index is -4.82. The molecule has 0 spiro atoms. The number of hydrogen-bond acceptors (Lipinski definition) is 7. The van der Waals surface area contributed by atoms with E-state index in [-0.39, 0.29) is 39.2 Å². The van der Waals surface area contributed by atoms with Crippen LogP contribution in [0, 0.1) is 46.2 Å². The molecule has 2 saturated carbocycles. The number of hydrogen-bond donors (Lipinski definition) is 2. The van der Waals surface area contributed by atoms with Gasteiger partial charge in [0, 0.05) is 50.3 Å². The van der Waals surface area contributed by atoms with Crippen LogP contribution in [0.15, 0.2) is 83.5 Å². The van der Waals surface area contributed by atoms with Crippen molar-refractivity contribution in [2.45, 2.75) is 95.9 Å². The topological polar surface area (TPSA) is 117 Å². The third-order valence-electron chi connectivity index (χ3n) is 14.1. The van der Waals surface area contributed by atoms with E-state index in [1.165, 1.54) is 72.5 Å².